The summed E-state index contributed by atoms with van der Waals surface area (Å²) in [6.07, 6.45) is 4.08. The molecule has 0 saturated carbocycles. The zero-order chi connectivity index (χ0) is 22.8. The summed E-state index contributed by atoms with van der Waals surface area (Å²) in [5, 5.41) is 5.14. The first kappa shape index (κ1) is 22.1. The van der Waals surface area contributed by atoms with Crippen LogP contribution in [-0.2, 0) is 4.79 Å². The van der Waals surface area contributed by atoms with Crippen LogP contribution >= 0.6 is 11.3 Å². The number of thiophene rings is 1. The number of piperidine rings is 1. The Morgan fingerprint density at radius 1 is 1.21 bits per heavy atom. The third kappa shape index (κ3) is 4.82. The van der Waals surface area contributed by atoms with Crippen LogP contribution in [0.5, 0.6) is 0 Å². The lowest BCUT2D eigenvalue weighted by molar-refractivity contribution is -0.125. The molecule has 7 nitrogen and oxygen atoms in total. The van der Waals surface area contributed by atoms with Crippen molar-refractivity contribution in [2.24, 2.45) is 5.92 Å². The Labute approximate surface area is 197 Å². The van der Waals surface area contributed by atoms with E-state index in [-0.39, 0.29) is 17.4 Å². The monoisotopic (exact) mass is 465 g/mol. The van der Waals surface area contributed by atoms with Crippen molar-refractivity contribution in [1.82, 2.24) is 20.2 Å². The molecule has 33 heavy (non-hydrogen) atoms. The van der Waals surface area contributed by atoms with E-state index >= 15 is 0 Å². The van der Waals surface area contributed by atoms with Gasteiger partial charge in [-0.25, -0.2) is 4.98 Å². The fourth-order valence-electron chi connectivity index (χ4n) is 4.92. The van der Waals surface area contributed by atoms with Gasteiger partial charge in [0.15, 0.2) is 0 Å². The van der Waals surface area contributed by atoms with Crippen LogP contribution in [-0.4, -0.2) is 60.0 Å². The van der Waals surface area contributed by atoms with Crippen LogP contribution in [0.1, 0.15) is 31.2 Å². The Kier molecular flexibility index (Phi) is 6.46. The number of hydrogen-bond acceptors (Lipinski definition) is 6. The summed E-state index contributed by atoms with van der Waals surface area (Å²) in [5.74, 6) is 0.789. The van der Waals surface area contributed by atoms with E-state index in [9.17, 15) is 9.59 Å². The van der Waals surface area contributed by atoms with Gasteiger partial charge in [0.25, 0.3) is 5.56 Å². The highest BCUT2D eigenvalue weighted by Crippen LogP contribution is 2.32. The minimum Gasteiger partial charge on any atom is -0.355 e. The molecule has 3 aromatic rings. The second-order valence-corrected chi connectivity index (χ2v) is 10.1. The summed E-state index contributed by atoms with van der Waals surface area (Å²) in [7, 11) is 0. The highest BCUT2D eigenvalue weighted by molar-refractivity contribution is 7.17. The summed E-state index contributed by atoms with van der Waals surface area (Å²) < 4.78 is 0.655. The zero-order valence-electron chi connectivity index (χ0n) is 19.1. The Hall–Kier alpha value is -2.71. The molecule has 1 aromatic carbocycles. The summed E-state index contributed by atoms with van der Waals surface area (Å²) in [6, 6.07) is 8.28. The number of rotatable bonds is 6. The van der Waals surface area contributed by atoms with Gasteiger partial charge >= 0.3 is 0 Å². The van der Waals surface area contributed by atoms with Gasteiger partial charge in [0.2, 0.25) is 11.9 Å². The topological polar surface area (TPSA) is 81.3 Å². The van der Waals surface area contributed by atoms with Gasteiger partial charge in [-0.2, -0.15) is 0 Å². The quantitative estimate of drug-likeness (QED) is 0.583. The molecule has 1 amide bonds. The summed E-state index contributed by atoms with van der Waals surface area (Å²) in [4.78, 5) is 37.7. The van der Waals surface area contributed by atoms with Crippen molar-refractivity contribution in [2.45, 2.75) is 32.6 Å². The van der Waals surface area contributed by atoms with Gasteiger partial charge in [0.05, 0.1) is 5.52 Å². The molecule has 2 fully saturated rings. The smallest absolute Gasteiger partial charge is 0.270 e. The van der Waals surface area contributed by atoms with Gasteiger partial charge < -0.3 is 15.1 Å². The molecule has 0 radical (unpaired) electrons. The van der Waals surface area contributed by atoms with Crippen LogP contribution < -0.4 is 15.8 Å². The minimum atomic E-state index is -0.0966. The second kappa shape index (κ2) is 9.65. The van der Waals surface area contributed by atoms with Gasteiger partial charge in [-0.1, -0.05) is 29.8 Å². The van der Waals surface area contributed by atoms with Gasteiger partial charge in [-0.15, -0.1) is 11.3 Å². The number of benzene rings is 1. The molecular formula is C25H31N5O2S. The number of amides is 1. The largest absolute Gasteiger partial charge is 0.355 e. The number of aromatic amines is 1. The molecule has 2 saturated heterocycles. The Balaban J connectivity index is 1.25. The van der Waals surface area contributed by atoms with E-state index in [1.54, 1.807) is 0 Å². The second-order valence-electron chi connectivity index (χ2n) is 9.19. The molecule has 2 aromatic heterocycles. The molecule has 8 heteroatoms. The zero-order valence-corrected chi connectivity index (χ0v) is 19.9. The molecule has 0 bridgehead atoms. The number of hydrogen-bond donors (Lipinski definition) is 2. The van der Waals surface area contributed by atoms with Crippen LogP contribution in [0.3, 0.4) is 0 Å². The number of nitrogens with one attached hydrogen (secondary N) is 2. The molecule has 2 aliphatic rings. The standard InChI is InChI=1S/C25H31N5O2S/c1-17-5-4-6-19(15-17)20-16-33-22-21(20)27-25(28-24(22)32)30-12-7-18(8-13-30)23(31)26-9-14-29-10-2-3-11-29/h4-6,15-16,18H,2-3,7-14H2,1H3,(H,26,31)(H,27,28,32). The fraction of sp³-hybridized carbons (Fsp3) is 0.480. The number of H-pyrrole nitrogens is 1. The third-order valence-electron chi connectivity index (χ3n) is 6.83. The van der Waals surface area contributed by atoms with Crippen LogP contribution in [0, 0.1) is 12.8 Å². The lowest BCUT2D eigenvalue weighted by atomic mass is 9.96. The Morgan fingerprint density at radius 2 is 2.00 bits per heavy atom. The third-order valence-corrected chi connectivity index (χ3v) is 7.80. The molecule has 0 spiro atoms. The SMILES string of the molecule is Cc1cccc(-c2csc3c(=O)[nH]c(N4CCC(C(=O)NCCN5CCCC5)CC4)nc23)c1. The minimum absolute atomic E-state index is 0.0271. The predicted octanol–water partition coefficient (Wildman–Crippen LogP) is 3.39. The van der Waals surface area contributed by atoms with Crippen LogP contribution in [0.15, 0.2) is 34.4 Å². The summed E-state index contributed by atoms with van der Waals surface area (Å²) in [6.45, 7) is 7.46. The lowest BCUT2D eigenvalue weighted by Crippen LogP contribution is -2.43. The molecule has 2 aliphatic heterocycles. The molecule has 4 heterocycles. The number of aromatic nitrogens is 2. The molecule has 0 unspecified atom stereocenters. The molecule has 5 rings (SSSR count). The maximum absolute atomic E-state index is 12.8. The lowest BCUT2D eigenvalue weighted by Gasteiger charge is -2.31. The number of anilines is 1. The Bertz CT molecular complexity index is 1190. The van der Waals surface area contributed by atoms with Crippen LogP contribution in [0.25, 0.3) is 21.3 Å². The van der Waals surface area contributed by atoms with Crippen molar-refractivity contribution >= 4 is 33.4 Å². The van der Waals surface area contributed by atoms with Crippen molar-refractivity contribution in [3.63, 3.8) is 0 Å². The molecular weight excluding hydrogens is 434 g/mol. The average molecular weight is 466 g/mol. The van der Waals surface area contributed by atoms with Crippen molar-refractivity contribution < 1.29 is 4.79 Å². The number of carbonyl (C=O) groups is 1. The first-order valence-electron chi connectivity index (χ1n) is 11.9. The molecule has 0 aliphatic carbocycles. The average Bonchev–Trinajstić information content (AvgIpc) is 3.49. The predicted molar refractivity (Wildman–Crippen MR) is 134 cm³/mol. The summed E-state index contributed by atoms with van der Waals surface area (Å²) >= 11 is 1.44. The van der Waals surface area contributed by atoms with E-state index in [0.29, 0.717) is 23.7 Å². The van der Waals surface area contributed by atoms with Crippen molar-refractivity contribution in [2.75, 3.05) is 44.2 Å². The van der Waals surface area contributed by atoms with E-state index in [0.717, 1.165) is 55.7 Å². The summed E-state index contributed by atoms with van der Waals surface area (Å²) in [5.41, 5.74) is 3.91. The molecule has 0 atom stereocenters. The van der Waals surface area contributed by atoms with Crippen molar-refractivity contribution in [3.8, 4) is 11.1 Å². The normalized spacial score (nSPS) is 17.7. The highest BCUT2D eigenvalue weighted by atomic mass is 32.1. The van der Waals surface area contributed by atoms with Gasteiger partial charge in [0.1, 0.15) is 4.70 Å². The molecule has 2 N–H and O–H groups in total. The van der Waals surface area contributed by atoms with Gasteiger partial charge in [-0.3, -0.25) is 14.6 Å². The van der Waals surface area contributed by atoms with Crippen molar-refractivity contribution in [1.29, 1.82) is 0 Å². The first-order valence-corrected chi connectivity index (χ1v) is 12.8. The van der Waals surface area contributed by atoms with Crippen LogP contribution in [0.4, 0.5) is 5.95 Å². The molecule has 174 valence electrons. The number of nitrogens with zero attached hydrogens (tertiary/aromatic N) is 3. The first-order chi connectivity index (χ1) is 16.1. The van der Waals surface area contributed by atoms with Crippen molar-refractivity contribution in [3.05, 3.63) is 45.6 Å². The maximum Gasteiger partial charge on any atom is 0.270 e. The van der Waals surface area contributed by atoms with E-state index < -0.39 is 0 Å². The fourth-order valence-corrected chi connectivity index (χ4v) is 5.83. The van der Waals surface area contributed by atoms with Gasteiger partial charge in [0, 0.05) is 43.0 Å². The highest BCUT2D eigenvalue weighted by Gasteiger charge is 2.26. The van der Waals surface area contributed by atoms with E-state index in [1.807, 2.05) is 11.4 Å². The Morgan fingerprint density at radius 3 is 2.76 bits per heavy atom. The number of likely N-dealkylation sites (tertiary alicyclic amines) is 1. The number of fused-ring (bicyclic) bond motifs is 1. The van der Waals surface area contributed by atoms with E-state index in [4.69, 9.17) is 4.98 Å². The number of aryl methyl sites for hydroxylation is 1. The van der Waals surface area contributed by atoms with Gasteiger partial charge in [-0.05, 0) is 51.3 Å². The number of carbonyl (C=O) groups excluding carboxylic acids is 1. The van der Waals surface area contributed by atoms with Crippen LogP contribution in [0.2, 0.25) is 0 Å². The maximum atomic E-state index is 12.8. The van der Waals surface area contributed by atoms with E-state index in [2.05, 4.69) is 45.2 Å². The van der Waals surface area contributed by atoms with E-state index in [1.165, 1.54) is 29.7 Å².